The number of ether oxygens (including phenoxy) is 1. The van der Waals surface area contributed by atoms with Gasteiger partial charge in [-0.1, -0.05) is 0 Å². The van der Waals surface area contributed by atoms with Crippen molar-refractivity contribution in [3.05, 3.63) is 23.3 Å². The predicted octanol–water partition coefficient (Wildman–Crippen LogP) is 2.63. The highest BCUT2D eigenvalue weighted by molar-refractivity contribution is 7.20. The standard InChI is InChI=1S/C13H15N3O2S/c1-13(2,3)18-10(17)5-4-8-6-9-11(19-8)12(14)16-7-15-9/h4-7H,1-3H3,(H2,14,15,16). The summed E-state index contributed by atoms with van der Waals surface area (Å²) in [6.45, 7) is 5.48. The van der Waals surface area contributed by atoms with Crippen molar-refractivity contribution in [1.82, 2.24) is 9.97 Å². The van der Waals surface area contributed by atoms with Crippen LogP contribution in [0, 0.1) is 0 Å². The average Bonchev–Trinajstić information content (AvgIpc) is 2.68. The van der Waals surface area contributed by atoms with E-state index in [0.29, 0.717) is 5.82 Å². The monoisotopic (exact) mass is 277 g/mol. The van der Waals surface area contributed by atoms with Crippen LogP contribution in [0.3, 0.4) is 0 Å². The highest BCUT2D eigenvalue weighted by Crippen LogP contribution is 2.28. The second kappa shape index (κ2) is 4.97. The van der Waals surface area contributed by atoms with Crippen molar-refractivity contribution in [3.63, 3.8) is 0 Å². The van der Waals surface area contributed by atoms with Crippen LogP contribution < -0.4 is 5.73 Å². The molecule has 5 nitrogen and oxygen atoms in total. The van der Waals surface area contributed by atoms with Gasteiger partial charge in [0.15, 0.2) is 0 Å². The number of nitrogen functional groups attached to an aromatic ring is 1. The summed E-state index contributed by atoms with van der Waals surface area (Å²) in [5, 5.41) is 0. The molecule has 0 aliphatic carbocycles. The minimum Gasteiger partial charge on any atom is -0.457 e. The van der Waals surface area contributed by atoms with Gasteiger partial charge in [-0.25, -0.2) is 14.8 Å². The minimum absolute atomic E-state index is 0.371. The molecule has 0 aliphatic heterocycles. The zero-order valence-electron chi connectivity index (χ0n) is 11.0. The van der Waals surface area contributed by atoms with Gasteiger partial charge >= 0.3 is 5.97 Å². The molecule has 2 N–H and O–H groups in total. The molecule has 0 spiro atoms. The quantitative estimate of drug-likeness (QED) is 0.674. The van der Waals surface area contributed by atoms with Crippen LogP contribution in [0.2, 0.25) is 0 Å². The second-order valence-electron chi connectivity index (χ2n) is 4.99. The third-order valence-electron chi connectivity index (χ3n) is 2.15. The van der Waals surface area contributed by atoms with Gasteiger partial charge < -0.3 is 10.5 Å². The summed E-state index contributed by atoms with van der Waals surface area (Å²) >= 11 is 1.44. The molecule has 0 aliphatic rings. The molecular formula is C13H15N3O2S. The Balaban J connectivity index is 2.18. The molecule has 0 fully saturated rings. The van der Waals surface area contributed by atoms with Crippen LogP contribution in [0.1, 0.15) is 25.6 Å². The molecule has 0 unspecified atom stereocenters. The maximum Gasteiger partial charge on any atom is 0.331 e. The molecule has 19 heavy (non-hydrogen) atoms. The lowest BCUT2D eigenvalue weighted by atomic mass is 10.2. The van der Waals surface area contributed by atoms with E-state index in [4.69, 9.17) is 10.5 Å². The second-order valence-corrected chi connectivity index (χ2v) is 6.07. The van der Waals surface area contributed by atoms with Gasteiger partial charge in [-0.05, 0) is 32.9 Å². The number of aromatic nitrogens is 2. The molecule has 100 valence electrons. The van der Waals surface area contributed by atoms with E-state index in [-0.39, 0.29) is 5.97 Å². The van der Waals surface area contributed by atoms with E-state index in [9.17, 15) is 4.79 Å². The summed E-state index contributed by atoms with van der Waals surface area (Å²) in [4.78, 5) is 20.5. The summed E-state index contributed by atoms with van der Waals surface area (Å²) in [7, 11) is 0. The van der Waals surface area contributed by atoms with Gasteiger partial charge in [-0.2, -0.15) is 0 Å². The Hall–Kier alpha value is -1.95. The number of esters is 1. The first-order valence-corrected chi connectivity index (χ1v) is 6.58. The number of hydrogen-bond acceptors (Lipinski definition) is 6. The minimum atomic E-state index is -0.489. The summed E-state index contributed by atoms with van der Waals surface area (Å²) < 4.78 is 6.01. The predicted molar refractivity (Wildman–Crippen MR) is 76.7 cm³/mol. The molecule has 2 rings (SSSR count). The summed E-state index contributed by atoms with van der Waals surface area (Å²) in [6.07, 6.45) is 4.52. The van der Waals surface area contributed by atoms with Gasteiger partial charge in [0.25, 0.3) is 0 Å². The number of rotatable bonds is 2. The Labute approximate surface area is 115 Å². The molecule has 6 heteroatoms. The van der Waals surface area contributed by atoms with Crippen molar-refractivity contribution in [2.75, 3.05) is 5.73 Å². The number of nitrogens with two attached hydrogens (primary N) is 1. The fourth-order valence-electron chi connectivity index (χ4n) is 1.46. The van der Waals surface area contributed by atoms with Crippen molar-refractivity contribution >= 4 is 39.4 Å². The SMILES string of the molecule is CC(C)(C)OC(=O)C=Cc1cc2ncnc(N)c2s1. The smallest absolute Gasteiger partial charge is 0.331 e. The van der Waals surface area contributed by atoms with Gasteiger partial charge in [0.05, 0.1) is 10.2 Å². The highest BCUT2D eigenvalue weighted by atomic mass is 32.1. The van der Waals surface area contributed by atoms with Crippen LogP contribution in [-0.4, -0.2) is 21.5 Å². The molecule has 0 bridgehead atoms. The van der Waals surface area contributed by atoms with Gasteiger partial charge in [0, 0.05) is 11.0 Å². The summed E-state index contributed by atoms with van der Waals surface area (Å²) in [5.41, 5.74) is 6.04. The number of carbonyl (C=O) groups is 1. The molecule has 0 saturated carbocycles. The van der Waals surface area contributed by atoms with E-state index in [1.807, 2.05) is 26.8 Å². The molecule has 0 atom stereocenters. The molecule has 0 saturated heterocycles. The molecular weight excluding hydrogens is 262 g/mol. The first kappa shape index (κ1) is 13.5. The van der Waals surface area contributed by atoms with Crippen LogP contribution >= 0.6 is 11.3 Å². The van der Waals surface area contributed by atoms with Crippen LogP contribution in [-0.2, 0) is 9.53 Å². The first-order chi connectivity index (χ1) is 8.85. The molecule has 0 amide bonds. The lowest BCUT2D eigenvalue weighted by molar-refractivity contribution is -0.148. The molecule has 2 heterocycles. The Morgan fingerprint density at radius 2 is 2.16 bits per heavy atom. The van der Waals surface area contributed by atoms with E-state index in [0.717, 1.165) is 15.1 Å². The number of anilines is 1. The lowest BCUT2D eigenvalue weighted by Gasteiger charge is -2.17. The van der Waals surface area contributed by atoms with Crippen LogP contribution in [0.5, 0.6) is 0 Å². The Bertz CT molecular complexity index is 641. The molecule has 2 aromatic rings. The van der Waals surface area contributed by atoms with Crippen molar-refractivity contribution in [2.45, 2.75) is 26.4 Å². The number of nitrogens with zero attached hydrogens (tertiary/aromatic N) is 2. The van der Waals surface area contributed by atoms with E-state index in [2.05, 4.69) is 9.97 Å². The topological polar surface area (TPSA) is 78.1 Å². The van der Waals surface area contributed by atoms with E-state index in [1.165, 1.54) is 23.7 Å². The number of thiophene rings is 1. The van der Waals surface area contributed by atoms with Crippen molar-refractivity contribution in [1.29, 1.82) is 0 Å². The van der Waals surface area contributed by atoms with Gasteiger partial charge in [-0.15, -0.1) is 11.3 Å². The summed E-state index contributed by atoms with van der Waals surface area (Å²) in [6, 6.07) is 1.86. The zero-order valence-corrected chi connectivity index (χ0v) is 11.8. The van der Waals surface area contributed by atoms with Crippen LogP contribution in [0.4, 0.5) is 5.82 Å². The van der Waals surface area contributed by atoms with Crippen LogP contribution in [0.15, 0.2) is 18.5 Å². The largest absolute Gasteiger partial charge is 0.457 e. The van der Waals surface area contributed by atoms with E-state index < -0.39 is 5.60 Å². The summed E-state index contributed by atoms with van der Waals surface area (Å²) in [5.74, 6) is 0.0796. The lowest BCUT2D eigenvalue weighted by Crippen LogP contribution is -2.22. The van der Waals surface area contributed by atoms with Gasteiger partial charge in [-0.3, -0.25) is 0 Å². The van der Waals surface area contributed by atoms with Crippen molar-refractivity contribution < 1.29 is 9.53 Å². The number of hydrogen-bond donors (Lipinski definition) is 1. The van der Waals surface area contributed by atoms with Crippen molar-refractivity contribution in [2.24, 2.45) is 0 Å². The Morgan fingerprint density at radius 3 is 2.79 bits per heavy atom. The molecule has 0 aromatic carbocycles. The maximum absolute atomic E-state index is 11.6. The highest BCUT2D eigenvalue weighted by Gasteiger charge is 2.14. The third-order valence-corrected chi connectivity index (χ3v) is 3.26. The maximum atomic E-state index is 11.6. The fraction of sp³-hybridized carbons (Fsp3) is 0.308. The van der Waals surface area contributed by atoms with Crippen LogP contribution in [0.25, 0.3) is 16.3 Å². The first-order valence-electron chi connectivity index (χ1n) is 5.76. The Kier molecular flexibility index (Phi) is 3.53. The number of fused-ring (bicyclic) bond motifs is 1. The van der Waals surface area contributed by atoms with Gasteiger partial charge in [0.2, 0.25) is 0 Å². The normalized spacial score (nSPS) is 12.2. The zero-order chi connectivity index (χ0) is 14.0. The fourth-order valence-corrected chi connectivity index (χ4v) is 2.38. The third kappa shape index (κ3) is 3.51. The van der Waals surface area contributed by atoms with E-state index in [1.54, 1.807) is 6.08 Å². The molecule has 2 aromatic heterocycles. The van der Waals surface area contributed by atoms with Gasteiger partial charge in [0.1, 0.15) is 17.7 Å². The van der Waals surface area contributed by atoms with E-state index >= 15 is 0 Å². The average molecular weight is 277 g/mol. The Morgan fingerprint density at radius 1 is 1.42 bits per heavy atom. The van der Waals surface area contributed by atoms with Crippen molar-refractivity contribution in [3.8, 4) is 0 Å². The molecule has 0 radical (unpaired) electrons. The number of carbonyl (C=O) groups excluding carboxylic acids is 1.